The molecule has 8 heteroatoms. The van der Waals surface area contributed by atoms with Gasteiger partial charge in [0.05, 0.1) is 6.61 Å². The first-order valence-electron chi connectivity index (χ1n) is 6.38. The van der Waals surface area contributed by atoms with Crippen LogP contribution in [0.5, 0.6) is 0 Å². The van der Waals surface area contributed by atoms with Crippen molar-refractivity contribution in [2.75, 3.05) is 26.2 Å². The van der Waals surface area contributed by atoms with Crippen LogP contribution in [0.25, 0.3) is 0 Å². The Morgan fingerprint density at radius 1 is 1.00 bits per heavy atom. The summed E-state index contributed by atoms with van der Waals surface area (Å²) in [5, 5.41) is 7.28. The zero-order chi connectivity index (χ0) is 15.6. The van der Waals surface area contributed by atoms with E-state index in [1.807, 2.05) is 0 Å². The molecule has 3 amide bonds. The van der Waals surface area contributed by atoms with E-state index in [2.05, 4.69) is 20.7 Å². The van der Waals surface area contributed by atoms with E-state index in [0.29, 0.717) is 0 Å². The molecule has 0 aliphatic carbocycles. The molecule has 3 N–H and O–H groups in total. The largest absolute Gasteiger partial charge is 0.465 e. The lowest BCUT2D eigenvalue weighted by Crippen LogP contribution is -2.43. The number of amides is 3. The summed E-state index contributed by atoms with van der Waals surface area (Å²) in [4.78, 5) is 33.5. The average Bonchev–Trinajstić information content (AvgIpc) is 2.30. The molecule has 20 heavy (non-hydrogen) atoms. The van der Waals surface area contributed by atoms with Crippen molar-refractivity contribution in [1.29, 1.82) is 0 Å². The molecule has 0 bridgehead atoms. The van der Waals surface area contributed by atoms with Crippen LogP contribution in [0.1, 0.15) is 27.7 Å². The summed E-state index contributed by atoms with van der Waals surface area (Å²) in [6.45, 7) is 7.46. The normalized spacial score (nSPS) is 10.4. The smallest absolute Gasteiger partial charge is 0.407 e. The number of ether oxygens (including phenoxy) is 2. The molecule has 0 unspecified atom stereocenters. The van der Waals surface area contributed by atoms with Gasteiger partial charge in [-0.3, -0.25) is 4.79 Å². The molecule has 0 saturated heterocycles. The molecule has 116 valence electrons. The number of hydrogen-bond acceptors (Lipinski definition) is 5. The Kier molecular flexibility index (Phi) is 8.10. The van der Waals surface area contributed by atoms with Gasteiger partial charge in [-0.2, -0.15) is 0 Å². The van der Waals surface area contributed by atoms with Gasteiger partial charge in [0.25, 0.3) is 0 Å². The van der Waals surface area contributed by atoms with Crippen LogP contribution in [0.3, 0.4) is 0 Å². The van der Waals surface area contributed by atoms with Crippen LogP contribution in [0.4, 0.5) is 9.59 Å². The number of esters is 1. The maximum Gasteiger partial charge on any atom is 0.407 e. The van der Waals surface area contributed by atoms with E-state index in [9.17, 15) is 14.4 Å². The molecule has 0 aliphatic rings. The lowest BCUT2D eigenvalue weighted by Gasteiger charge is -2.19. The van der Waals surface area contributed by atoms with Crippen LogP contribution in [-0.2, 0) is 14.3 Å². The third kappa shape index (κ3) is 11.1. The van der Waals surface area contributed by atoms with E-state index < -0.39 is 23.7 Å². The second kappa shape index (κ2) is 9.00. The second-order valence-electron chi connectivity index (χ2n) is 4.84. The van der Waals surface area contributed by atoms with Gasteiger partial charge in [-0.1, -0.05) is 0 Å². The molecule has 0 rings (SSSR count). The maximum absolute atomic E-state index is 11.3. The molecule has 0 fully saturated rings. The molecular formula is C12H23N3O5. The summed E-state index contributed by atoms with van der Waals surface area (Å²) in [6, 6.07) is -0.510. The van der Waals surface area contributed by atoms with Crippen LogP contribution < -0.4 is 16.0 Å². The minimum atomic E-state index is -0.561. The highest BCUT2D eigenvalue weighted by atomic mass is 16.6. The van der Waals surface area contributed by atoms with Crippen molar-refractivity contribution < 1.29 is 23.9 Å². The molecule has 0 aromatic carbocycles. The summed E-state index contributed by atoms with van der Waals surface area (Å²) in [6.07, 6.45) is -0.550. The summed E-state index contributed by atoms with van der Waals surface area (Å²) in [7, 11) is 0. The van der Waals surface area contributed by atoms with Crippen LogP contribution in [-0.4, -0.2) is 49.9 Å². The number of carbonyl (C=O) groups excluding carboxylic acids is 3. The number of hydrogen-bond donors (Lipinski definition) is 3. The first-order valence-corrected chi connectivity index (χ1v) is 6.38. The SMILES string of the molecule is CCOC(=O)CNC(=O)NCCNC(=O)OC(C)(C)C. The first kappa shape index (κ1) is 18.0. The second-order valence-corrected chi connectivity index (χ2v) is 4.84. The molecule has 0 atom stereocenters. The van der Waals surface area contributed by atoms with E-state index in [0.717, 1.165) is 0 Å². The van der Waals surface area contributed by atoms with E-state index in [1.54, 1.807) is 27.7 Å². The van der Waals surface area contributed by atoms with Gasteiger partial charge in [0.2, 0.25) is 0 Å². The highest BCUT2D eigenvalue weighted by Gasteiger charge is 2.15. The van der Waals surface area contributed by atoms with Crippen LogP contribution in [0, 0.1) is 0 Å². The summed E-state index contributed by atoms with van der Waals surface area (Å²) < 4.78 is 9.65. The van der Waals surface area contributed by atoms with Crippen molar-refractivity contribution in [3.05, 3.63) is 0 Å². The van der Waals surface area contributed by atoms with Crippen LogP contribution in [0.2, 0.25) is 0 Å². The third-order valence-electron chi connectivity index (χ3n) is 1.78. The van der Waals surface area contributed by atoms with Crippen molar-refractivity contribution in [3.63, 3.8) is 0 Å². The molecule has 0 radical (unpaired) electrons. The highest BCUT2D eigenvalue weighted by molar-refractivity contribution is 5.80. The van der Waals surface area contributed by atoms with Crippen LogP contribution >= 0.6 is 0 Å². The average molecular weight is 289 g/mol. The zero-order valence-electron chi connectivity index (χ0n) is 12.4. The van der Waals surface area contributed by atoms with Crippen molar-refractivity contribution >= 4 is 18.1 Å². The fraction of sp³-hybridized carbons (Fsp3) is 0.750. The van der Waals surface area contributed by atoms with Gasteiger partial charge in [0.1, 0.15) is 12.1 Å². The Hall–Kier alpha value is -1.99. The fourth-order valence-corrected chi connectivity index (χ4v) is 1.08. The number of rotatable bonds is 6. The highest BCUT2D eigenvalue weighted by Crippen LogP contribution is 2.05. The number of carbonyl (C=O) groups is 3. The van der Waals surface area contributed by atoms with Gasteiger partial charge in [-0.05, 0) is 27.7 Å². The predicted octanol–water partition coefficient (Wildman–Crippen LogP) is 0.373. The van der Waals surface area contributed by atoms with E-state index in [1.165, 1.54) is 0 Å². The number of urea groups is 1. The van der Waals surface area contributed by atoms with E-state index in [4.69, 9.17) is 4.74 Å². The third-order valence-corrected chi connectivity index (χ3v) is 1.78. The van der Waals surface area contributed by atoms with Gasteiger partial charge in [0, 0.05) is 13.1 Å². The first-order chi connectivity index (χ1) is 9.24. The lowest BCUT2D eigenvalue weighted by atomic mass is 10.2. The number of nitrogens with one attached hydrogen (secondary N) is 3. The Labute approximate surface area is 118 Å². The quantitative estimate of drug-likeness (QED) is 0.484. The fourth-order valence-electron chi connectivity index (χ4n) is 1.08. The Morgan fingerprint density at radius 2 is 1.60 bits per heavy atom. The lowest BCUT2D eigenvalue weighted by molar-refractivity contribution is -0.141. The topological polar surface area (TPSA) is 106 Å². The van der Waals surface area contributed by atoms with Crippen molar-refractivity contribution in [3.8, 4) is 0 Å². The molecule has 0 aromatic rings. The molecule has 0 aliphatic heterocycles. The van der Waals surface area contributed by atoms with Gasteiger partial charge in [0.15, 0.2) is 0 Å². The predicted molar refractivity (Wildman–Crippen MR) is 72.3 cm³/mol. The van der Waals surface area contributed by atoms with Gasteiger partial charge < -0.3 is 25.4 Å². The summed E-state index contributed by atoms with van der Waals surface area (Å²) in [5.74, 6) is -0.505. The van der Waals surface area contributed by atoms with Crippen LogP contribution in [0.15, 0.2) is 0 Å². The van der Waals surface area contributed by atoms with Crippen molar-refractivity contribution in [2.24, 2.45) is 0 Å². The number of alkyl carbamates (subject to hydrolysis) is 1. The van der Waals surface area contributed by atoms with E-state index in [-0.39, 0.29) is 26.2 Å². The Bertz CT molecular complexity index is 338. The van der Waals surface area contributed by atoms with E-state index >= 15 is 0 Å². The monoisotopic (exact) mass is 289 g/mol. The standard InChI is InChI=1S/C12H23N3O5/c1-5-19-9(16)8-15-10(17)13-6-7-14-11(18)20-12(2,3)4/h5-8H2,1-4H3,(H,14,18)(H2,13,15,17). The van der Waals surface area contributed by atoms with Gasteiger partial charge in [-0.25, -0.2) is 9.59 Å². The zero-order valence-corrected chi connectivity index (χ0v) is 12.4. The summed E-state index contributed by atoms with van der Waals surface area (Å²) in [5.41, 5.74) is -0.561. The van der Waals surface area contributed by atoms with Crippen molar-refractivity contribution in [1.82, 2.24) is 16.0 Å². The molecule has 0 heterocycles. The van der Waals surface area contributed by atoms with Gasteiger partial charge in [-0.15, -0.1) is 0 Å². The molecule has 0 spiro atoms. The maximum atomic E-state index is 11.3. The summed E-state index contributed by atoms with van der Waals surface area (Å²) >= 11 is 0. The Morgan fingerprint density at radius 3 is 2.15 bits per heavy atom. The van der Waals surface area contributed by atoms with Crippen molar-refractivity contribution in [2.45, 2.75) is 33.3 Å². The molecule has 0 saturated carbocycles. The molecular weight excluding hydrogens is 266 g/mol. The molecule has 8 nitrogen and oxygen atoms in total. The molecule has 0 aromatic heterocycles. The minimum absolute atomic E-state index is 0.195. The minimum Gasteiger partial charge on any atom is -0.465 e. The van der Waals surface area contributed by atoms with Gasteiger partial charge >= 0.3 is 18.1 Å². The Balaban J connectivity index is 3.62.